The number of esters is 3. The maximum Gasteiger partial charge on any atom is 0.306 e. The molecule has 6 heteroatoms. The van der Waals surface area contributed by atoms with Gasteiger partial charge in [-0.1, -0.05) is 195 Å². The molecule has 0 spiro atoms. The second kappa shape index (κ2) is 37.7. The predicted octanol–water partition coefficient (Wildman–Crippen LogP) is 13.2. The highest BCUT2D eigenvalue weighted by Crippen LogP contribution is 2.16. The van der Waals surface area contributed by atoms with Gasteiger partial charge < -0.3 is 14.2 Å². The van der Waals surface area contributed by atoms with Crippen LogP contribution in [-0.4, -0.2) is 37.2 Å². The Hall–Kier alpha value is -1.59. The molecule has 0 bridgehead atoms. The Morgan fingerprint density at radius 1 is 0.408 bits per heavy atom. The van der Waals surface area contributed by atoms with Gasteiger partial charge in [-0.15, -0.1) is 0 Å². The predicted molar refractivity (Wildman–Crippen MR) is 206 cm³/mol. The lowest BCUT2D eigenvalue weighted by molar-refractivity contribution is -0.167. The van der Waals surface area contributed by atoms with E-state index in [1.165, 1.54) is 128 Å². The van der Waals surface area contributed by atoms with Crippen LogP contribution in [0.5, 0.6) is 0 Å². The van der Waals surface area contributed by atoms with Gasteiger partial charge in [0.15, 0.2) is 6.10 Å². The van der Waals surface area contributed by atoms with E-state index in [1.54, 1.807) is 0 Å². The van der Waals surface area contributed by atoms with Gasteiger partial charge >= 0.3 is 17.9 Å². The van der Waals surface area contributed by atoms with Gasteiger partial charge in [-0.3, -0.25) is 14.4 Å². The molecule has 2 atom stereocenters. The number of unbranched alkanes of at least 4 members (excludes halogenated alkanes) is 24. The summed E-state index contributed by atoms with van der Waals surface area (Å²) in [6.45, 7) is 8.93. The summed E-state index contributed by atoms with van der Waals surface area (Å²) in [6, 6.07) is 0. The number of ether oxygens (including phenoxy) is 3. The van der Waals surface area contributed by atoms with Crippen molar-refractivity contribution in [3.8, 4) is 0 Å². The first-order chi connectivity index (χ1) is 23.9. The molecule has 6 nitrogen and oxygen atoms in total. The van der Waals surface area contributed by atoms with Gasteiger partial charge in [0.05, 0.1) is 0 Å². The van der Waals surface area contributed by atoms with Crippen LogP contribution in [0.15, 0.2) is 0 Å². The van der Waals surface area contributed by atoms with E-state index in [4.69, 9.17) is 14.2 Å². The Balaban J connectivity index is 4.36. The maximum absolute atomic E-state index is 12.6. The molecule has 0 aromatic rings. The molecule has 0 aliphatic rings. The number of hydrogen-bond donors (Lipinski definition) is 0. The van der Waals surface area contributed by atoms with Crippen LogP contribution in [0.25, 0.3) is 0 Å². The monoisotopic (exact) mass is 695 g/mol. The Labute approximate surface area is 304 Å². The van der Waals surface area contributed by atoms with Gasteiger partial charge in [0.2, 0.25) is 0 Å². The third kappa shape index (κ3) is 36.0. The number of rotatable bonds is 38. The van der Waals surface area contributed by atoms with Crippen LogP contribution >= 0.6 is 0 Å². The molecular weight excluding hydrogens is 612 g/mol. The van der Waals surface area contributed by atoms with Crippen molar-refractivity contribution >= 4 is 17.9 Å². The molecule has 0 amide bonds. The van der Waals surface area contributed by atoms with Gasteiger partial charge in [0, 0.05) is 19.3 Å². The summed E-state index contributed by atoms with van der Waals surface area (Å²) < 4.78 is 16.6. The number of hydrogen-bond acceptors (Lipinski definition) is 6. The highest BCUT2D eigenvalue weighted by molar-refractivity contribution is 5.71. The van der Waals surface area contributed by atoms with Crippen molar-refractivity contribution in [2.75, 3.05) is 13.2 Å². The molecule has 0 heterocycles. The minimum atomic E-state index is -0.758. The third-order valence-corrected chi connectivity index (χ3v) is 9.90. The Bertz CT molecular complexity index is 738. The minimum absolute atomic E-state index is 0.0650. The van der Waals surface area contributed by atoms with Gasteiger partial charge in [-0.2, -0.15) is 0 Å². The van der Waals surface area contributed by atoms with E-state index in [-0.39, 0.29) is 31.1 Å². The molecule has 290 valence electrons. The van der Waals surface area contributed by atoms with Crippen LogP contribution in [0, 0.1) is 5.92 Å². The second-order valence-electron chi connectivity index (χ2n) is 14.9. The normalized spacial score (nSPS) is 12.5. The van der Waals surface area contributed by atoms with Crippen molar-refractivity contribution in [2.45, 2.75) is 239 Å². The van der Waals surface area contributed by atoms with Crippen molar-refractivity contribution in [3.05, 3.63) is 0 Å². The molecule has 0 saturated carbocycles. The summed E-state index contributed by atoms with van der Waals surface area (Å²) >= 11 is 0. The Kier molecular flexibility index (Phi) is 36.4. The van der Waals surface area contributed by atoms with E-state index in [9.17, 15) is 14.4 Å². The van der Waals surface area contributed by atoms with E-state index in [0.29, 0.717) is 19.3 Å². The summed E-state index contributed by atoms with van der Waals surface area (Å²) in [6.07, 6.45) is 35.1. The first kappa shape index (κ1) is 47.4. The second-order valence-corrected chi connectivity index (χ2v) is 14.9. The molecule has 0 saturated heterocycles. The average molecular weight is 695 g/mol. The van der Waals surface area contributed by atoms with Crippen LogP contribution in [0.2, 0.25) is 0 Å². The van der Waals surface area contributed by atoms with Crippen molar-refractivity contribution in [2.24, 2.45) is 5.92 Å². The number of carbonyl (C=O) groups excluding carboxylic acids is 3. The van der Waals surface area contributed by atoms with E-state index >= 15 is 0 Å². The number of carbonyl (C=O) groups is 3. The third-order valence-electron chi connectivity index (χ3n) is 9.90. The fourth-order valence-corrected chi connectivity index (χ4v) is 6.24. The Morgan fingerprint density at radius 2 is 0.714 bits per heavy atom. The van der Waals surface area contributed by atoms with Crippen LogP contribution in [-0.2, 0) is 28.6 Å². The van der Waals surface area contributed by atoms with Gasteiger partial charge in [-0.05, 0) is 25.2 Å². The molecule has 1 unspecified atom stereocenters. The smallest absolute Gasteiger partial charge is 0.306 e. The van der Waals surface area contributed by atoms with Gasteiger partial charge in [0.1, 0.15) is 13.2 Å². The summed E-state index contributed by atoms with van der Waals surface area (Å²) in [5.41, 5.74) is 0. The largest absolute Gasteiger partial charge is 0.462 e. The zero-order valence-electron chi connectivity index (χ0n) is 33.1. The molecular formula is C43H82O6. The van der Waals surface area contributed by atoms with Crippen LogP contribution in [0.4, 0.5) is 0 Å². The lowest BCUT2D eigenvalue weighted by Gasteiger charge is -2.18. The molecule has 0 aliphatic carbocycles. The first-order valence-electron chi connectivity index (χ1n) is 21.4. The lowest BCUT2D eigenvalue weighted by atomic mass is 10.00. The molecule has 0 aliphatic heterocycles. The van der Waals surface area contributed by atoms with Gasteiger partial charge in [-0.25, -0.2) is 0 Å². The zero-order chi connectivity index (χ0) is 36.0. The molecule has 0 fully saturated rings. The van der Waals surface area contributed by atoms with Crippen molar-refractivity contribution < 1.29 is 28.6 Å². The highest BCUT2D eigenvalue weighted by Gasteiger charge is 2.19. The van der Waals surface area contributed by atoms with E-state index in [1.807, 2.05) is 0 Å². The fraction of sp³-hybridized carbons (Fsp3) is 0.930. The van der Waals surface area contributed by atoms with Gasteiger partial charge in [0.25, 0.3) is 0 Å². The van der Waals surface area contributed by atoms with E-state index in [2.05, 4.69) is 27.7 Å². The quantitative estimate of drug-likeness (QED) is 0.0364. The fourth-order valence-electron chi connectivity index (χ4n) is 6.24. The average Bonchev–Trinajstić information content (AvgIpc) is 3.10. The van der Waals surface area contributed by atoms with Crippen LogP contribution in [0.3, 0.4) is 0 Å². The first-order valence-corrected chi connectivity index (χ1v) is 21.4. The van der Waals surface area contributed by atoms with Crippen LogP contribution < -0.4 is 0 Å². The molecule has 0 radical (unpaired) electrons. The topological polar surface area (TPSA) is 78.9 Å². The minimum Gasteiger partial charge on any atom is -0.462 e. The molecule has 49 heavy (non-hydrogen) atoms. The SMILES string of the molecule is CCCCCCCCCCCCCC(=O)O[C@@H](COC(=O)CCCCCCCCCCCC)COC(=O)CCCCCCCCC(C)CC. The van der Waals surface area contributed by atoms with E-state index < -0.39 is 6.10 Å². The van der Waals surface area contributed by atoms with E-state index in [0.717, 1.165) is 63.7 Å². The zero-order valence-corrected chi connectivity index (χ0v) is 33.1. The summed E-state index contributed by atoms with van der Waals surface area (Å²) in [7, 11) is 0. The Morgan fingerprint density at radius 3 is 1.06 bits per heavy atom. The summed E-state index contributed by atoms with van der Waals surface area (Å²) in [5.74, 6) is -0.0483. The van der Waals surface area contributed by atoms with Crippen molar-refractivity contribution in [1.29, 1.82) is 0 Å². The molecule has 0 aromatic carbocycles. The van der Waals surface area contributed by atoms with Crippen LogP contribution in [0.1, 0.15) is 233 Å². The molecule has 0 rings (SSSR count). The highest BCUT2D eigenvalue weighted by atomic mass is 16.6. The molecule has 0 N–H and O–H groups in total. The lowest BCUT2D eigenvalue weighted by Crippen LogP contribution is -2.30. The van der Waals surface area contributed by atoms with Crippen molar-refractivity contribution in [1.82, 2.24) is 0 Å². The standard InChI is InChI=1S/C43H82O6/c1-5-8-10-12-14-16-18-20-22-28-32-36-43(46)49-40(37-47-41(44)34-30-26-21-19-17-15-13-11-9-6-2)38-48-42(45)35-31-27-24-23-25-29-33-39(4)7-3/h39-40H,5-38H2,1-4H3/t39?,40-/m0/s1. The molecule has 0 aromatic heterocycles. The van der Waals surface area contributed by atoms with Crippen molar-refractivity contribution in [3.63, 3.8) is 0 Å². The summed E-state index contributed by atoms with van der Waals surface area (Å²) in [5, 5.41) is 0. The summed E-state index contributed by atoms with van der Waals surface area (Å²) in [4.78, 5) is 37.5. The maximum atomic E-state index is 12.6.